The molecule has 2 bridgehead atoms. The van der Waals surface area contributed by atoms with E-state index in [1.54, 1.807) is 12.1 Å². The smallest absolute Gasteiger partial charge is 0.234 e. The Kier molecular flexibility index (Phi) is 6.23. The van der Waals surface area contributed by atoms with Crippen LogP contribution in [-0.2, 0) is 21.2 Å². The van der Waals surface area contributed by atoms with Crippen molar-refractivity contribution in [3.8, 4) is 0 Å². The second-order valence-electron chi connectivity index (χ2n) is 8.30. The molecule has 6 nitrogen and oxygen atoms in total. The summed E-state index contributed by atoms with van der Waals surface area (Å²) in [5, 5.41) is 3.21. The van der Waals surface area contributed by atoms with E-state index in [1.165, 1.54) is 12.7 Å². The van der Waals surface area contributed by atoms with E-state index in [-0.39, 0.29) is 11.9 Å². The Labute approximate surface area is 162 Å². The Bertz CT molecular complexity index is 747. The first kappa shape index (κ1) is 20.3. The largest absolute Gasteiger partial charge is 0.352 e. The summed E-state index contributed by atoms with van der Waals surface area (Å²) in [6.45, 7) is 1.28. The van der Waals surface area contributed by atoms with Crippen molar-refractivity contribution in [2.75, 3.05) is 26.9 Å². The minimum Gasteiger partial charge on any atom is -0.352 e. The predicted octanol–water partition coefficient (Wildman–Crippen LogP) is 1.65. The minimum atomic E-state index is -3.15. The number of hydrogen-bond donors (Lipinski definition) is 1. The lowest BCUT2D eigenvalue weighted by atomic mass is 9.81. The van der Waals surface area contributed by atoms with Gasteiger partial charge in [0.1, 0.15) is 0 Å². The van der Waals surface area contributed by atoms with Gasteiger partial charge in [0.05, 0.1) is 11.4 Å². The second-order valence-corrected chi connectivity index (χ2v) is 10.3. The molecule has 2 aliphatic rings. The molecular formula is C20H31N3O3S. The van der Waals surface area contributed by atoms with Crippen LogP contribution in [0, 0.1) is 0 Å². The Morgan fingerprint density at radius 1 is 1.15 bits per heavy atom. The van der Waals surface area contributed by atoms with E-state index in [2.05, 4.69) is 10.2 Å². The number of sulfone groups is 1. The van der Waals surface area contributed by atoms with E-state index in [9.17, 15) is 13.2 Å². The van der Waals surface area contributed by atoms with Crippen molar-refractivity contribution in [2.24, 2.45) is 0 Å². The average molecular weight is 394 g/mol. The zero-order valence-corrected chi connectivity index (χ0v) is 17.3. The first-order valence-corrected chi connectivity index (χ1v) is 11.6. The molecule has 0 aliphatic carbocycles. The van der Waals surface area contributed by atoms with Crippen LogP contribution in [0.2, 0.25) is 0 Å². The molecule has 1 N–H and O–H groups in total. The summed E-state index contributed by atoms with van der Waals surface area (Å²) >= 11 is 0. The molecule has 0 spiro atoms. The third kappa shape index (κ3) is 5.30. The predicted molar refractivity (Wildman–Crippen MR) is 106 cm³/mol. The molecule has 7 heteroatoms. The van der Waals surface area contributed by atoms with Crippen molar-refractivity contribution in [1.82, 2.24) is 15.1 Å². The Morgan fingerprint density at radius 3 is 2.26 bits per heavy atom. The maximum absolute atomic E-state index is 12.1. The fourth-order valence-corrected chi connectivity index (χ4v) is 5.10. The number of benzene rings is 1. The first-order chi connectivity index (χ1) is 12.7. The molecule has 0 saturated carbocycles. The van der Waals surface area contributed by atoms with Crippen LogP contribution < -0.4 is 5.32 Å². The van der Waals surface area contributed by atoms with Crippen molar-refractivity contribution in [1.29, 1.82) is 0 Å². The molecule has 1 amide bonds. The van der Waals surface area contributed by atoms with Crippen LogP contribution in [0.5, 0.6) is 0 Å². The number of carbonyl (C=O) groups excluding carboxylic acids is 1. The fraction of sp³-hybridized carbons (Fsp3) is 0.650. The lowest BCUT2D eigenvalue weighted by molar-refractivity contribution is -0.123. The van der Waals surface area contributed by atoms with Crippen LogP contribution in [0.4, 0.5) is 0 Å². The van der Waals surface area contributed by atoms with Gasteiger partial charge in [-0.1, -0.05) is 18.6 Å². The maximum atomic E-state index is 12.1. The van der Waals surface area contributed by atoms with Gasteiger partial charge in [-0.25, -0.2) is 8.42 Å². The summed E-state index contributed by atoms with van der Waals surface area (Å²) in [5.41, 5.74) is 1.15. The minimum absolute atomic E-state index is 0.105. The van der Waals surface area contributed by atoms with Gasteiger partial charge in [0.25, 0.3) is 0 Å². The van der Waals surface area contributed by atoms with E-state index in [4.69, 9.17) is 0 Å². The highest BCUT2D eigenvalue weighted by atomic mass is 32.2. The van der Waals surface area contributed by atoms with Crippen LogP contribution >= 0.6 is 0 Å². The first-order valence-electron chi connectivity index (χ1n) is 9.71. The normalized spacial score (nSPS) is 26.1. The van der Waals surface area contributed by atoms with E-state index >= 15 is 0 Å². The molecule has 1 unspecified atom stereocenters. The summed E-state index contributed by atoms with van der Waals surface area (Å²) in [7, 11) is 0.665. The van der Waals surface area contributed by atoms with Gasteiger partial charge >= 0.3 is 0 Å². The number of fused-ring (bicyclic) bond motifs is 2. The fourth-order valence-electron chi connectivity index (χ4n) is 4.47. The van der Waals surface area contributed by atoms with Crippen LogP contribution in [0.25, 0.3) is 0 Å². The number of rotatable bonds is 6. The van der Waals surface area contributed by atoms with Crippen molar-refractivity contribution >= 4 is 15.7 Å². The number of hydrogen-bond acceptors (Lipinski definition) is 5. The summed E-state index contributed by atoms with van der Waals surface area (Å²) in [5.74, 6) is 0.105. The van der Waals surface area contributed by atoms with E-state index in [0.29, 0.717) is 23.5 Å². The average Bonchev–Trinajstić information content (AvgIpc) is 2.54. The number of nitrogens with zero attached hydrogens (tertiary/aromatic N) is 2. The zero-order chi connectivity index (χ0) is 19.6. The molecule has 27 heavy (non-hydrogen) atoms. The third-order valence-corrected chi connectivity index (χ3v) is 6.80. The van der Waals surface area contributed by atoms with Gasteiger partial charge in [-0.2, -0.15) is 0 Å². The molecule has 3 rings (SSSR count). The van der Waals surface area contributed by atoms with E-state index < -0.39 is 9.84 Å². The van der Waals surface area contributed by atoms with Crippen LogP contribution in [-0.4, -0.2) is 69.1 Å². The number of likely N-dealkylation sites (N-methyl/N-ethyl adjacent to an activating group) is 1. The molecular weight excluding hydrogens is 362 g/mol. The Balaban J connectivity index is 1.63. The molecule has 3 atom stereocenters. The van der Waals surface area contributed by atoms with Gasteiger partial charge in [-0.15, -0.1) is 0 Å². The van der Waals surface area contributed by atoms with Gasteiger partial charge in [0, 0.05) is 30.9 Å². The third-order valence-electron chi connectivity index (χ3n) is 5.67. The van der Waals surface area contributed by atoms with Crippen molar-refractivity contribution < 1.29 is 13.2 Å². The molecule has 2 saturated heterocycles. The van der Waals surface area contributed by atoms with Gasteiger partial charge < -0.3 is 10.2 Å². The Morgan fingerprint density at radius 2 is 1.74 bits per heavy atom. The maximum Gasteiger partial charge on any atom is 0.234 e. The highest BCUT2D eigenvalue weighted by molar-refractivity contribution is 7.90. The molecule has 2 aliphatic heterocycles. The number of carbonyl (C=O) groups is 1. The lowest BCUT2D eigenvalue weighted by Gasteiger charge is -2.49. The molecule has 150 valence electrons. The zero-order valence-electron chi connectivity index (χ0n) is 16.5. The topological polar surface area (TPSA) is 69.7 Å². The Hall–Kier alpha value is -1.44. The quantitative estimate of drug-likeness (QED) is 0.796. The summed E-state index contributed by atoms with van der Waals surface area (Å²) in [6, 6.07) is 8.49. The SMILES string of the molecule is CN(C)CC(=O)NC1C[C@H]2CCC[C@@H](C1)N2Cc1ccc(S(C)(=O)=O)cc1. The molecule has 0 radical (unpaired) electrons. The van der Waals surface area contributed by atoms with Gasteiger partial charge in [-0.05, 0) is 57.5 Å². The van der Waals surface area contributed by atoms with Crippen LogP contribution in [0.3, 0.4) is 0 Å². The highest BCUT2D eigenvalue weighted by Gasteiger charge is 2.38. The summed E-state index contributed by atoms with van der Waals surface area (Å²) < 4.78 is 23.3. The van der Waals surface area contributed by atoms with Crippen LogP contribution in [0.15, 0.2) is 29.2 Å². The summed E-state index contributed by atoms with van der Waals surface area (Å²) in [6.07, 6.45) is 6.81. The molecule has 1 aromatic rings. The summed E-state index contributed by atoms with van der Waals surface area (Å²) in [4.78, 5) is 16.9. The van der Waals surface area contributed by atoms with Crippen LogP contribution in [0.1, 0.15) is 37.7 Å². The standard InChI is InChI=1S/C20H31N3O3S/c1-22(2)14-20(24)21-16-11-17-5-4-6-18(12-16)23(17)13-15-7-9-19(10-8-15)27(3,25)26/h7-10,16-18H,4-6,11-14H2,1-3H3,(H,21,24)/t16?,17-,18+. The number of piperidine rings is 2. The molecule has 2 heterocycles. The number of amides is 1. The monoisotopic (exact) mass is 393 g/mol. The van der Waals surface area contributed by atoms with Crippen molar-refractivity contribution in [3.63, 3.8) is 0 Å². The van der Waals surface area contributed by atoms with E-state index in [0.717, 1.165) is 37.8 Å². The highest BCUT2D eigenvalue weighted by Crippen LogP contribution is 2.35. The van der Waals surface area contributed by atoms with Gasteiger partial charge in [0.15, 0.2) is 9.84 Å². The van der Waals surface area contributed by atoms with Gasteiger partial charge in [0.2, 0.25) is 5.91 Å². The molecule has 0 aromatic heterocycles. The van der Waals surface area contributed by atoms with E-state index in [1.807, 2.05) is 31.1 Å². The lowest BCUT2D eigenvalue weighted by Crippen LogP contribution is -2.57. The second kappa shape index (κ2) is 8.29. The molecule has 1 aromatic carbocycles. The molecule has 2 fully saturated rings. The van der Waals surface area contributed by atoms with Crippen molar-refractivity contribution in [3.05, 3.63) is 29.8 Å². The number of nitrogens with one attached hydrogen (secondary N) is 1. The van der Waals surface area contributed by atoms with Crippen molar-refractivity contribution in [2.45, 2.75) is 61.7 Å². The van der Waals surface area contributed by atoms with Gasteiger partial charge in [-0.3, -0.25) is 9.69 Å².